The third kappa shape index (κ3) is 4.21. The van der Waals surface area contributed by atoms with E-state index in [0.29, 0.717) is 29.7 Å². The minimum atomic E-state index is -0.452. The van der Waals surface area contributed by atoms with Gasteiger partial charge < -0.3 is 10.1 Å². The highest BCUT2D eigenvalue weighted by molar-refractivity contribution is 5.72. The van der Waals surface area contributed by atoms with E-state index in [1.54, 1.807) is 13.8 Å². The van der Waals surface area contributed by atoms with E-state index in [-0.39, 0.29) is 24.4 Å². The molecule has 2 heterocycles. The summed E-state index contributed by atoms with van der Waals surface area (Å²) in [6.45, 7) is 8.55. The summed E-state index contributed by atoms with van der Waals surface area (Å²) in [4.78, 5) is 33.1. The highest BCUT2D eigenvalue weighted by Crippen LogP contribution is 2.15. The van der Waals surface area contributed by atoms with Gasteiger partial charge >= 0.3 is 5.97 Å². The van der Waals surface area contributed by atoms with Gasteiger partial charge in [0.15, 0.2) is 0 Å². The van der Waals surface area contributed by atoms with E-state index in [0.717, 1.165) is 5.56 Å². The van der Waals surface area contributed by atoms with Gasteiger partial charge in [-0.25, -0.2) is 4.98 Å². The molecule has 0 spiro atoms. The van der Waals surface area contributed by atoms with Crippen LogP contribution in [0.4, 0.5) is 5.95 Å². The van der Waals surface area contributed by atoms with Gasteiger partial charge in [-0.2, -0.15) is 9.50 Å². The summed E-state index contributed by atoms with van der Waals surface area (Å²) in [5.74, 6) is 0.729. The first kappa shape index (κ1) is 19.6. The Hall–Kier alpha value is -3.16. The number of hydrogen-bond acceptors (Lipinski definition) is 6. The number of benzene rings is 1. The Balaban J connectivity index is 1.79. The maximum absolute atomic E-state index is 12.7. The van der Waals surface area contributed by atoms with Gasteiger partial charge in [-0.3, -0.25) is 14.7 Å². The number of nitrogens with one attached hydrogen (secondary N) is 2. The first-order chi connectivity index (χ1) is 13.4. The molecule has 0 atom stereocenters. The molecule has 2 N–H and O–H groups in total. The second-order valence-corrected chi connectivity index (χ2v) is 6.92. The van der Waals surface area contributed by atoms with Crippen molar-refractivity contribution in [2.24, 2.45) is 0 Å². The van der Waals surface area contributed by atoms with Crippen LogP contribution in [0.2, 0.25) is 0 Å². The minimum absolute atomic E-state index is 0.113. The summed E-state index contributed by atoms with van der Waals surface area (Å²) < 4.78 is 6.17. The number of carbonyl (C=O) groups excluding carboxylic acids is 1. The van der Waals surface area contributed by atoms with Crippen LogP contribution < -0.4 is 10.9 Å². The number of anilines is 1. The van der Waals surface area contributed by atoms with Crippen molar-refractivity contribution in [1.82, 2.24) is 19.6 Å². The molecule has 0 aliphatic heterocycles. The van der Waals surface area contributed by atoms with Crippen LogP contribution in [-0.2, 0) is 22.5 Å². The summed E-state index contributed by atoms with van der Waals surface area (Å²) in [7, 11) is 0. The zero-order valence-corrected chi connectivity index (χ0v) is 16.6. The Bertz CT molecular complexity index is 1030. The molecule has 0 unspecified atom stereocenters. The number of esters is 1. The van der Waals surface area contributed by atoms with E-state index in [9.17, 15) is 9.59 Å². The number of rotatable bonds is 7. The minimum Gasteiger partial charge on any atom is -0.466 e. The molecule has 3 aromatic rings. The lowest BCUT2D eigenvalue weighted by Crippen LogP contribution is -2.25. The number of aromatic nitrogens is 4. The Labute approximate surface area is 163 Å². The molecule has 0 saturated heterocycles. The molecule has 2 aromatic heterocycles. The predicted octanol–water partition coefficient (Wildman–Crippen LogP) is 2.57. The van der Waals surface area contributed by atoms with Gasteiger partial charge in [0.1, 0.15) is 0 Å². The molecule has 1 aromatic carbocycles. The average Bonchev–Trinajstić information content (AvgIpc) is 3.07. The summed E-state index contributed by atoms with van der Waals surface area (Å²) in [5, 5.41) is 6.07. The number of hydrogen-bond donors (Lipinski definition) is 2. The van der Waals surface area contributed by atoms with E-state index in [4.69, 9.17) is 4.74 Å². The van der Waals surface area contributed by atoms with Crippen molar-refractivity contribution in [2.75, 3.05) is 11.9 Å². The maximum atomic E-state index is 12.7. The molecule has 148 valence electrons. The van der Waals surface area contributed by atoms with Crippen molar-refractivity contribution < 1.29 is 9.53 Å². The molecule has 0 fully saturated rings. The molecule has 8 nitrogen and oxygen atoms in total. The van der Waals surface area contributed by atoms with Crippen LogP contribution in [-0.4, -0.2) is 32.2 Å². The van der Waals surface area contributed by atoms with Crippen LogP contribution in [0.15, 0.2) is 29.1 Å². The number of H-pyrrole nitrogens is 1. The lowest BCUT2D eigenvalue weighted by Gasteiger charge is -2.07. The Morgan fingerprint density at radius 3 is 2.61 bits per heavy atom. The lowest BCUT2D eigenvalue weighted by molar-refractivity contribution is -0.142. The largest absolute Gasteiger partial charge is 0.466 e. The van der Waals surface area contributed by atoms with Crippen molar-refractivity contribution >= 4 is 17.7 Å². The van der Waals surface area contributed by atoms with Gasteiger partial charge in [0.25, 0.3) is 11.3 Å². The van der Waals surface area contributed by atoms with Crippen LogP contribution in [0, 0.1) is 6.92 Å². The fourth-order valence-corrected chi connectivity index (χ4v) is 2.90. The van der Waals surface area contributed by atoms with E-state index >= 15 is 0 Å². The standard InChI is InChI=1S/C20H25N5O3/c1-5-28-17(26)10-16-13(4)22-20-23-19(24-25(20)18(16)27)21-11-14-6-8-15(9-7-14)12(2)3/h6-9,12H,5,10-11H2,1-4H3,(H2,21,22,23,24). The Kier molecular flexibility index (Phi) is 5.77. The molecule has 0 radical (unpaired) electrons. The summed E-state index contributed by atoms with van der Waals surface area (Å²) in [6.07, 6.45) is -0.113. The van der Waals surface area contributed by atoms with Crippen LogP contribution in [0.25, 0.3) is 5.78 Å². The third-order valence-electron chi connectivity index (χ3n) is 4.53. The van der Waals surface area contributed by atoms with Gasteiger partial charge in [-0.1, -0.05) is 38.1 Å². The smallest absolute Gasteiger partial charge is 0.310 e. The number of ether oxygens (including phenoxy) is 1. The summed E-state index contributed by atoms with van der Waals surface area (Å²) >= 11 is 0. The second-order valence-electron chi connectivity index (χ2n) is 6.92. The number of nitrogens with zero attached hydrogens (tertiary/aromatic N) is 3. The van der Waals surface area contributed by atoms with E-state index < -0.39 is 5.97 Å². The second kappa shape index (κ2) is 8.24. The average molecular weight is 383 g/mol. The zero-order valence-electron chi connectivity index (χ0n) is 16.6. The molecule has 0 saturated carbocycles. The normalized spacial score (nSPS) is 11.2. The molecule has 0 amide bonds. The molecule has 8 heteroatoms. The van der Waals surface area contributed by atoms with Gasteiger partial charge in [0.05, 0.1) is 24.3 Å². The number of aryl methyl sites for hydroxylation is 1. The van der Waals surface area contributed by atoms with Gasteiger partial charge in [0.2, 0.25) is 5.95 Å². The van der Waals surface area contributed by atoms with E-state index in [1.807, 2.05) is 0 Å². The quantitative estimate of drug-likeness (QED) is 0.608. The van der Waals surface area contributed by atoms with Crippen LogP contribution >= 0.6 is 0 Å². The van der Waals surface area contributed by atoms with Crippen molar-refractivity contribution in [1.29, 1.82) is 0 Å². The first-order valence-corrected chi connectivity index (χ1v) is 9.35. The molecule has 3 rings (SSSR count). The van der Waals surface area contributed by atoms with Crippen molar-refractivity contribution in [3.05, 3.63) is 57.0 Å². The third-order valence-corrected chi connectivity index (χ3v) is 4.53. The SMILES string of the molecule is CCOC(=O)Cc1c(C)nc2nc(NCc3ccc(C(C)C)cc3)[nH]n2c1=O. The summed E-state index contributed by atoms with van der Waals surface area (Å²) in [5.41, 5.74) is 2.81. The molecule has 0 bridgehead atoms. The van der Waals surface area contributed by atoms with E-state index in [2.05, 4.69) is 58.5 Å². The molecule has 0 aliphatic rings. The van der Waals surface area contributed by atoms with Gasteiger partial charge in [-0.05, 0) is 30.9 Å². The van der Waals surface area contributed by atoms with Crippen LogP contribution in [0.5, 0.6) is 0 Å². The fourth-order valence-electron chi connectivity index (χ4n) is 2.90. The van der Waals surface area contributed by atoms with E-state index in [1.165, 1.54) is 10.1 Å². The van der Waals surface area contributed by atoms with Crippen molar-refractivity contribution in [3.8, 4) is 0 Å². The number of carbonyl (C=O) groups is 1. The Morgan fingerprint density at radius 1 is 1.25 bits per heavy atom. The van der Waals surface area contributed by atoms with Crippen LogP contribution in [0.1, 0.15) is 49.1 Å². The monoisotopic (exact) mass is 383 g/mol. The van der Waals surface area contributed by atoms with Crippen molar-refractivity contribution in [3.63, 3.8) is 0 Å². The fraction of sp³-hybridized carbons (Fsp3) is 0.400. The Morgan fingerprint density at radius 2 is 1.96 bits per heavy atom. The predicted molar refractivity (Wildman–Crippen MR) is 107 cm³/mol. The van der Waals surface area contributed by atoms with Gasteiger partial charge in [-0.15, -0.1) is 0 Å². The first-order valence-electron chi connectivity index (χ1n) is 9.35. The summed E-state index contributed by atoms with van der Waals surface area (Å²) in [6, 6.07) is 8.35. The van der Waals surface area contributed by atoms with Gasteiger partial charge in [0, 0.05) is 6.54 Å². The number of aromatic amines is 1. The molecular formula is C20H25N5O3. The molecule has 28 heavy (non-hydrogen) atoms. The highest BCUT2D eigenvalue weighted by Gasteiger charge is 2.16. The number of fused-ring (bicyclic) bond motifs is 1. The maximum Gasteiger partial charge on any atom is 0.310 e. The lowest BCUT2D eigenvalue weighted by atomic mass is 10.0. The van der Waals surface area contributed by atoms with Crippen LogP contribution in [0.3, 0.4) is 0 Å². The van der Waals surface area contributed by atoms with Crippen molar-refractivity contribution in [2.45, 2.75) is 46.6 Å². The zero-order chi connectivity index (χ0) is 20.3. The molecular weight excluding hydrogens is 358 g/mol. The molecule has 0 aliphatic carbocycles. The highest BCUT2D eigenvalue weighted by atomic mass is 16.5. The topological polar surface area (TPSA) is 101 Å².